The molecule has 1 aromatic rings. The number of nitrogens with one attached hydrogen (secondary N) is 2. The number of rotatable bonds is 6. The fraction of sp³-hybridized carbons (Fsp3) is 0.556. The summed E-state index contributed by atoms with van der Waals surface area (Å²) in [4.78, 5) is 17.0. The number of carboxylic acids is 1. The topological polar surface area (TPSA) is 112 Å². The van der Waals surface area contributed by atoms with Crippen molar-refractivity contribution in [2.75, 3.05) is 0 Å². The predicted molar refractivity (Wildman–Crippen MR) is 60.0 cm³/mol. The van der Waals surface area contributed by atoms with Crippen LogP contribution in [-0.4, -0.2) is 35.5 Å². The molecule has 0 aromatic carbocycles. The maximum Gasteiger partial charge on any atom is 0.304 e. The SMILES string of the molecule is CCc1ncc(S(=O)(=O)NC(C)CC(=O)O)[nH]1. The first-order valence-corrected chi connectivity index (χ1v) is 6.61. The van der Waals surface area contributed by atoms with E-state index in [0.29, 0.717) is 12.2 Å². The third kappa shape index (κ3) is 3.82. The Labute approximate surface area is 99.3 Å². The highest BCUT2D eigenvalue weighted by atomic mass is 32.2. The molecule has 17 heavy (non-hydrogen) atoms. The number of aliphatic carboxylic acids is 1. The molecule has 1 rings (SSSR count). The zero-order chi connectivity index (χ0) is 13.1. The van der Waals surface area contributed by atoms with Gasteiger partial charge in [-0.05, 0) is 6.92 Å². The third-order valence-corrected chi connectivity index (χ3v) is 3.57. The summed E-state index contributed by atoms with van der Waals surface area (Å²) < 4.78 is 25.8. The van der Waals surface area contributed by atoms with Crippen LogP contribution in [0.5, 0.6) is 0 Å². The van der Waals surface area contributed by atoms with Crippen LogP contribution in [-0.2, 0) is 21.2 Å². The minimum Gasteiger partial charge on any atom is -0.481 e. The van der Waals surface area contributed by atoms with Gasteiger partial charge in [-0.1, -0.05) is 6.92 Å². The molecule has 96 valence electrons. The van der Waals surface area contributed by atoms with Crippen molar-refractivity contribution in [1.82, 2.24) is 14.7 Å². The molecule has 0 fully saturated rings. The molecule has 0 spiro atoms. The third-order valence-electron chi connectivity index (χ3n) is 2.07. The minimum absolute atomic E-state index is 0.0495. The van der Waals surface area contributed by atoms with E-state index in [4.69, 9.17) is 5.11 Å². The minimum atomic E-state index is -3.73. The van der Waals surface area contributed by atoms with E-state index in [-0.39, 0.29) is 11.4 Å². The highest BCUT2D eigenvalue weighted by molar-refractivity contribution is 7.89. The van der Waals surface area contributed by atoms with Crippen LogP contribution in [0.3, 0.4) is 0 Å². The number of nitrogens with zero attached hydrogens (tertiary/aromatic N) is 1. The first kappa shape index (κ1) is 13.7. The molecule has 1 heterocycles. The maximum atomic E-state index is 11.8. The van der Waals surface area contributed by atoms with E-state index in [0.717, 1.165) is 0 Å². The molecule has 0 saturated heterocycles. The Bertz CT molecular complexity index is 494. The monoisotopic (exact) mass is 261 g/mol. The van der Waals surface area contributed by atoms with Crippen LogP contribution in [0, 0.1) is 0 Å². The Morgan fingerprint density at radius 3 is 2.76 bits per heavy atom. The van der Waals surface area contributed by atoms with Crippen molar-refractivity contribution in [2.24, 2.45) is 0 Å². The van der Waals surface area contributed by atoms with Gasteiger partial charge in [0.15, 0.2) is 5.03 Å². The van der Waals surface area contributed by atoms with Gasteiger partial charge in [0.05, 0.1) is 12.6 Å². The highest BCUT2D eigenvalue weighted by Crippen LogP contribution is 2.07. The van der Waals surface area contributed by atoms with Gasteiger partial charge < -0.3 is 10.1 Å². The first-order chi connectivity index (χ1) is 7.85. The van der Waals surface area contributed by atoms with Crippen LogP contribution in [0.4, 0.5) is 0 Å². The van der Waals surface area contributed by atoms with Gasteiger partial charge in [0, 0.05) is 12.5 Å². The first-order valence-electron chi connectivity index (χ1n) is 5.13. The second kappa shape index (κ2) is 5.28. The highest BCUT2D eigenvalue weighted by Gasteiger charge is 2.20. The molecular formula is C9H15N3O4S. The second-order valence-electron chi connectivity index (χ2n) is 3.67. The maximum absolute atomic E-state index is 11.8. The van der Waals surface area contributed by atoms with Gasteiger partial charge in [-0.2, -0.15) is 0 Å². The Morgan fingerprint density at radius 2 is 2.29 bits per heavy atom. The van der Waals surface area contributed by atoms with Gasteiger partial charge in [-0.15, -0.1) is 0 Å². The van der Waals surface area contributed by atoms with Gasteiger partial charge in [-0.25, -0.2) is 18.1 Å². The van der Waals surface area contributed by atoms with E-state index in [1.807, 2.05) is 6.92 Å². The Morgan fingerprint density at radius 1 is 1.65 bits per heavy atom. The Kier molecular flexibility index (Phi) is 4.24. The number of H-pyrrole nitrogens is 1. The summed E-state index contributed by atoms with van der Waals surface area (Å²) >= 11 is 0. The van der Waals surface area contributed by atoms with Gasteiger partial charge in [0.2, 0.25) is 0 Å². The lowest BCUT2D eigenvalue weighted by atomic mass is 10.3. The van der Waals surface area contributed by atoms with Gasteiger partial charge in [0.25, 0.3) is 10.0 Å². The fourth-order valence-corrected chi connectivity index (χ4v) is 2.48. The van der Waals surface area contributed by atoms with Crippen molar-refractivity contribution < 1.29 is 18.3 Å². The molecular weight excluding hydrogens is 246 g/mol. The van der Waals surface area contributed by atoms with E-state index < -0.39 is 22.0 Å². The van der Waals surface area contributed by atoms with E-state index in [9.17, 15) is 13.2 Å². The molecule has 8 heteroatoms. The summed E-state index contributed by atoms with van der Waals surface area (Å²) in [5.74, 6) is -0.490. The van der Waals surface area contributed by atoms with E-state index >= 15 is 0 Å². The Balaban J connectivity index is 2.78. The smallest absolute Gasteiger partial charge is 0.304 e. The van der Waals surface area contributed by atoms with Crippen molar-refractivity contribution in [3.63, 3.8) is 0 Å². The molecule has 1 unspecified atom stereocenters. The van der Waals surface area contributed by atoms with Crippen LogP contribution in [0.2, 0.25) is 0 Å². The molecule has 0 aliphatic carbocycles. The quantitative estimate of drug-likeness (QED) is 0.673. The predicted octanol–water partition coefficient (Wildman–Crippen LogP) is 0.114. The zero-order valence-electron chi connectivity index (χ0n) is 9.60. The average molecular weight is 261 g/mol. The van der Waals surface area contributed by atoms with Crippen LogP contribution >= 0.6 is 0 Å². The lowest BCUT2D eigenvalue weighted by Gasteiger charge is -2.10. The van der Waals surface area contributed by atoms with Gasteiger partial charge in [0.1, 0.15) is 5.82 Å². The van der Waals surface area contributed by atoms with Gasteiger partial charge in [-0.3, -0.25) is 4.79 Å². The summed E-state index contributed by atoms with van der Waals surface area (Å²) in [6.45, 7) is 3.33. The summed E-state index contributed by atoms with van der Waals surface area (Å²) in [6.07, 6.45) is 1.54. The lowest BCUT2D eigenvalue weighted by molar-refractivity contribution is -0.137. The number of sulfonamides is 1. The molecule has 0 saturated carbocycles. The van der Waals surface area contributed by atoms with E-state index in [1.54, 1.807) is 0 Å². The van der Waals surface area contributed by atoms with Crippen LogP contribution in [0.15, 0.2) is 11.2 Å². The zero-order valence-corrected chi connectivity index (χ0v) is 10.4. The Hall–Kier alpha value is -1.41. The van der Waals surface area contributed by atoms with E-state index in [1.165, 1.54) is 13.1 Å². The van der Waals surface area contributed by atoms with Crippen LogP contribution in [0.1, 0.15) is 26.1 Å². The number of aromatic nitrogens is 2. The summed E-state index contributed by atoms with van der Waals surface area (Å²) in [5.41, 5.74) is 0. The molecule has 0 aliphatic rings. The summed E-state index contributed by atoms with van der Waals surface area (Å²) in [7, 11) is -3.73. The van der Waals surface area contributed by atoms with Crippen LogP contribution < -0.4 is 4.72 Å². The van der Waals surface area contributed by atoms with Gasteiger partial charge >= 0.3 is 5.97 Å². The van der Waals surface area contributed by atoms with Crippen LogP contribution in [0.25, 0.3) is 0 Å². The normalized spacial score (nSPS) is 13.5. The standard InChI is InChI=1S/C9H15N3O4S/c1-3-7-10-5-8(11-7)17(15,16)12-6(2)4-9(13)14/h5-6,12H,3-4H2,1-2H3,(H,10,11)(H,13,14). The number of hydrogen-bond donors (Lipinski definition) is 3. The van der Waals surface area contributed by atoms with Crippen molar-refractivity contribution in [1.29, 1.82) is 0 Å². The number of carbonyl (C=O) groups is 1. The van der Waals surface area contributed by atoms with Crippen molar-refractivity contribution in [3.8, 4) is 0 Å². The van der Waals surface area contributed by atoms with Crippen molar-refractivity contribution in [2.45, 2.75) is 37.8 Å². The number of carboxylic acid groups (broad SMARTS) is 1. The molecule has 0 amide bonds. The number of imidazole rings is 1. The molecule has 0 bridgehead atoms. The molecule has 3 N–H and O–H groups in total. The van der Waals surface area contributed by atoms with Crippen molar-refractivity contribution in [3.05, 3.63) is 12.0 Å². The van der Waals surface area contributed by atoms with E-state index in [2.05, 4.69) is 14.7 Å². The molecule has 0 radical (unpaired) electrons. The molecule has 1 aromatic heterocycles. The molecule has 0 aliphatic heterocycles. The molecule has 1 atom stereocenters. The number of hydrogen-bond acceptors (Lipinski definition) is 4. The largest absolute Gasteiger partial charge is 0.481 e. The summed E-state index contributed by atoms with van der Waals surface area (Å²) in [6, 6.07) is -0.675. The number of aryl methyl sites for hydroxylation is 1. The number of aromatic amines is 1. The average Bonchev–Trinajstić information content (AvgIpc) is 2.63. The molecule has 7 nitrogen and oxygen atoms in total. The summed E-state index contributed by atoms with van der Waals surface area (Å²) in [5, 5.41) is 8.49. The fourth-order valence-electron chi connectivity index (χ4n) is 1.29. The van der Waals surface area contributed by atoms with Crippen molar-refractivity contribution >= 4 is 16.0 Å². The second-order valence-corrected chi connectivity index (χ2v) is 5.35. The lowest BCUT2D eigenvalue weighted by Crippen LogP contribution is -2.34.